The first-order valence-corrected chi connectivity index (χ1v) is 11.3. The number of H-pyrrole nitrogens is 1. The van der Waals surface area contributed by atoms with E-state index in [2.05, 4.69) is 34.1 Å². The van der Waals surface area contributed by atoms with Crippen molar-refractivity contribution in [2.45, 2.75) is 32.9 Å². The number of para-hydroxylation sites is 2. The molecule has 0 spiro atoms. The molecule has 0 aliphatic rings. The van der Waals surface area contributed by atoms with E-state index < -0.39 is 0 Å². The van der Waals surface area contributed by atoms with Gasteiger partial charge in [0.25, 0.3) is 0 Å². The third-order valence-electron chi connectivity index (χ3n) is 4.80. The van der Waals surface area contributed by atoms with Crippen LogP contribution in [0.15, 0.2) is 53.9 Å². The molecule has 4 rings (SSSR count). The molecule has 0 bridgehead atoms. The minimum atomic E-state index is -0.203. The maximum atomic E-state index is 12.7. The maximum Gasteiger partial charge on any atom is 0.226 e. The van der Waals surface area contributed by atoms with Crippen LogP contribution in [0, 0.1) is 5.92 Å². The van der Waals surface area contributed by atoms with Crippen LogP contribution in [0.5, 0.6) is 5.75 Å². The van der Waals surface area contributed by atoms with Gasteiger partial charge in [-0.05, 0) is 42.3 Å². The molecule has 0 saturated heterocycles. The van der Waals surface area contributed by atoms with E-state index in [-0.39, 0.29) is 24.3 Å². The smallest absolute Gasteiger partial charge is 0.226 e. The number of nitrogens with zero attached hydrogens (tertiary/aromatic N) is 2. The Morgan fingerprint density at radius 2 is 1.94 bits per heavy atom. The van der Waals surface area contributed by atoms with Gasteiger partial charge in [0, 0.05) is 10.4 Å². The molecule has 2 N–H and O–H groups in total. The highest BCUT2D eigenvalue weighted by molar-refractivity contribution is 7.09. The molecule has 0 radical (unpaired) electrons. The molecule has 0 saturated carbocycles. The van der Waals surface area contributed by atoms with E-state index >= 15 is 0 Å². The average molecular weight is 455 g/mol. The third kappa shape index (κ3) is 5.42. The number of carbonyl (C=O) groups excluding carboxylic acids is 1. The summed E-state index contributed by atoms with van der Waals surface area (Å²) < 4.78 is 5.72. The van der Waals surface area contributed by atoms with Gasteiger partial charge < -0.3 is 15.0 Å². The number of halogens is 1. The van der Waals surface area contributed by atoms with Gasteiger partial charge in [-0.3, -0.25) is 4.79 Å². The number of fused-ring (bicyclic) bond motifs is 1. The fourth-order valence-corrected chi connectivity index (χ4v) is 4.06. The summed E-state index contributed by atoms with van der Waals surface area (Å²) in [5.41, 5.74) is 2.58. The van der Waals surface area contributed by atoms with Gasteiger partial charge in [-0.1, -0.05) is 37.6 Å². The van der Waals surface area contributed by atoms with E-state index in [1.807, 2.05) is 41.8 Å². The number of thiazole rings is 1. The van der Waals surface area contributed by atoms with Crippen LogP contribution in [-0.4, -0.2) is 20.9 Å². The van der Waals surface area contributed by atoms with Gasteiger partial charge in [0.05, 0.1) is 29.2 Å². The molecule has 1 amide bonds. The maximum absolute atomic E-state index is 12.7. The Morgan fingerprint density at radius 1 is 1.16 bits per heavy atom. The van der Waals surface area contributed by atoms with Crippen LogP contribution >= 0.6 is 22.9 Å². The molecule has 0 fully saturated rings. The fourth-order valence-electron chi connectivity index (χ4n) is 3.23. The SMILES string of the molecule is CC(C)C(NC(=O)Cc1csc(COc2ccc(Cl)cc2)n1)c1nc2ccccc2[nH]1. The largest absolute Gasteiger partial charge is 0.486 e. The second-order valence-corrected chi connectivity index (χ2v) is 8.96. The summed E-state index contributed by atoms with van der Waals surface area (Å²) >= 11 is 7.36. The monoisotopic (exact) mass is 454 g/mol. The number of carbonyl (C=O) groups is 1. The normalized spacial score (nSPS) is 12.3. The van der Waals surface area contributed by atoms with Crippen LogP contribution in [0.3, 0.4) is 0 Å². The second-order valence-electron chi connectivity index (χ2n) is 7.58. The molecule has 4 aromatic rings. The lowest BCUT2D eigenvalue weighted by molar-refractivity contribution is -0.121. The molecule has 2 aromatic heterocycles. The van der Waals surface area contributed by atoms with Crippen molar-refractivity contribution in [3.8, 4) is 5.75 Å². The number of hydrogen-bond donors (Lipinski definition) is 2. The third-order valence-corrected chi connectivity index (χ3v) is 5.93. The second kappa shape index (κ2) is 9.49. The van der Waals surface area contributed by atoms with Crippen molar-refractivity contribution in [1.82, 2.24) is 20.3 Å². The fraction of sp³-hybridized carbons (Fsp3) is 0.261. The average Bonchev–Trinajstić information content (AvgIpc) is 3.38. The number of amides is 1. The molecular formula is C23H23ClN4O2S. The Labute approximate surface area is 189 Å². The Hall–Kier alpha value is -2.90. The van der Waals surface area contributed by atoms with Gasteiger partial charge in [0.1, 0.15) is 23.2 Å². The summed E-state index contributed by atoms with van der Waals surface area (Å²) in [7, 11) is 0. The highest BCUT2D eigenvalue weighted by Crippen LogP contribution is 2.23. The molecule has 0 aliphatic carbocycles. The number of benzene rings is 2. The zero-order chi connectivity index (χ0) is 21.8. The summed E-state index contributed by atoms with van der Waals surface area (Å²) in [6.07, 6.45) is 0.209. The van der Waals surface area contributed by atoms with E-state index in [0.717, 1.165) is 33.3 Å². The van der Waals surface area contributed by atoms with Crippen molar-refractivity contribution in [3.05, 3.63) is 75.5 Å². The molecule has 160 valence electrons. The first kappa shape index (κ1) is 21.3. The highest BCUT2D eigenvalue weighted by atomic mass is 35.5. The highest BCUT2D eigenvalue weighted by Gasteiger charge is 2.22. The molecule has 31 heavy (non-hydrogen) atoms. The van der Waals surface area contributed by atoms with E-state index in [0.29, 0.717) is 11.6 Å². The lowest BCUT2D eigenvalue weighted by Gasteiger charge is -2.20. The molecule has 0 aliphatic heterocycles. The predicted octanol–water partition coefficient (Wildman–Crippen LogP) is 5.31. The standard InChI is InChI=1S/C23H23ClN4O2S/c1-14(2)22(23-26-18-5-3-4-6-19(18)27-23)28-20(29)11-16-13-31-21(25-16)12-30-17-9-7-15(24)8-10-17/h3-10,13-14,22H,11-12H2,1-2H3,(H,26,27)(H,28,29). The zero-order valence-corrected chi connectivity index (χ0v) is 18.8. The van der Waals surface area contributed by atoms with Crippen molar-refractivity contribution in [2.75, 3.05) is 0 Å². The molecule has 8 heteroatoms. The molecule has 2 aromatic carbocycles. The van der Waals surface area contributed by atoms with E-state index in [1.165, 1.54) is 11.3 Å². The minimum absolute atomic E-state index is 0.0883. The summed E-state index contributed by atoms with van der Waals surface area (Å²) in [6, 6.07) is 14.8. The summed E-state index contributed by atoms with van der Waals surface area (Å²) in [6.45, 7) is 4.47. The van der Waals surface area contributed by atoms with Gasteiger partial charge in [-0.15, -0.1) is 11.3 Å². The van der Waals surface area contributed by atoms with Gasteiger partial charge in [-0.2, -0.15) is 0 Å². The quantitative estimate of drug-likeness (QED) is 0.378. The molecule has 1 unspecified atom stereocenters. The lowest BCUT2D eigenvalue weighted by atomic mass is 10.0. The summed E-state index contributed by atoms with van der Waals surface area (Å²) in [5.74, 6) is 1.59. The zero-order valence-electron chi connectivity index (χ0n) is 17.3. The van der Waals surface area contributed by atoms with Crippen LogP contribution < -0.4 is 10.1 Å². The number of ether oxygens (including phenoxy) is 1. The van der Waals surface area contributed by atoms with Gasteiger partial charge in [0.2, 0.25) is 5.91 Å². The van der Waals surface area contributed by atoms with Crippen LogP contribution in [0.25, 0.3) is 11.0 Å². The number of aromatic nitrogens is 3. The van der Waals surface area contributed by atoms with Crippen molar-refractivity contribution < 1.29 is 9.53 Å². The Morgan fingerprint density at radius 3 is 2.68 bits per heavy atom. The minimum Gasteiger partial charge on any atom is -0.486 e. The van der Waals surface area contributed by atoms with E-state index in [1.54, 1.807) is 12.1 Å². The summed E-state index contributed by atoms with van der Waals surface area (Å²) in [5, 5.41) is 6.48. The van der Waals surface area contributed by atoms with Crippen molar-refractivity contribution in [1.29, 1.82) is 0 Å². The molecular weight excluding hydrogens is 432 g/mol. The Bertz CT molecular complexity index is 1140. The molecule has 1 atom stereocenters. The predicted molar refractivity (Wildman–Crippen MR) is 123 cm³/mol. The van der Waals surface area contributed by atoms with Gasteiger partial charge in [0.15, 0.2) is 0 Å². The first-order chi connectivity index (χ1) is 15.0. The first-order valence-electron chi connectivity index (χ1n) is 10.0. The number of aromatic amines is 1. The van der Waals surface area contributed by atoms with E-state index in [4.69, 9.17) is 16.3 Å². The van der Waals surface area contributed by atoms with Crippen LogP contribution in [0.1, 0.15) is 36.4 Å². The van der Waals surface area contributed by atoms with Crippen LogP contribution in [0.4, 0.5) is 0 Å². The van der Waals surface area contributed by atoms with Crippen molar-refractivity contribution >= 4 is 39.9 Å². The number of hydrogen-bond acceptors (Lipinski definition) is 5. The number of imidazole rings is 1. The van der Waals surface area contributed by atoms with Gasteiger partial charge in [-0.25, -0.2) is 9.97 Å². The molecule has 2 heterocycles. The van der Waals surface area contributed by atoms with Crippen LogP contribution in [0.2, 0.25) is 5.02 Å². The Kier molecular flexibility index (Phi) is 6.53. The topological polar surface area (TPSA) is 79.9 Å². The lowest BCUT2D eigenvalue weighted by Crippen LogP contribution is -2.33. The summed E-state index contributed by atoms with van der Waals surface area (Å²) in [4.78, 5) is 25.2. The van der Waals surface area contributed by atoms with Crippen LogP contribution in [-0.2, 0) is 17.8 Å². The Balaban J connectivity index is 1.36. The van der Waals surface area contributed by atoms with Crippen molar-refractivity contribution in [2.24, 2.45) is 5.92 Å². The molecule has 6 nitrogen and oxygen atoms in total. The number of nitrogens with one attached hydrogen (secondary N) is 2. The van der Waals surface area contributed by atoms with Gasteiger partial charge >= 0.3 is 0 Å². The van der Waals surface area contributed by atoms with Crippen molar-refractivity contribution in [3.63, 3.8) is 0 Å². The number of rotatable bonds is 8. The van der Waals surface area contributed by atoms with E-state index in [9.17, 15) is 4.79 Å².